The van der Waals surface area contributed by atoms with Crippen LogP contribution in [-0.2, 0) is 9.59 Å². The molecule has 7 heteroatoms. The minimum Gasteiger partial charge on any atom is -0.326 e. The SMILES string of the molecule is CC12CCC(=O)N1c1ccccc1C(=O)N2CCCC(=O)Nc1cccc(F)c1. The molecule has 1 fully saturated rings. The van der Waals surface area contributed by atoms with Gasteiger partial charge in [-0.15, -0.1) is 0 Å². The quantitative estimate of drug-likeness (QED) is 0.842. The minimum absolute atomic E-state index is 0.00120. The summed E-state index contributed by atoms with van der Waals surface area (Å²) >= 11 is 0. The van der Waals surface area contributed by atoms with Gasteiger partial charge in [0, 0.05) is 25.1 Å². The molecule has 150 valence electrons. The van der Waals surface area contributed by atoms with Crippen molar-refractivity contribution in [2.24, 2.45) is 0 Å². The van der Waals surface area contributed by atoms with E-state index in [-0.39, 0.29) is 24.1 Å². The Labute approximate surface area is 168 Å². The van der Waals surface area contributed by atoms with Gasteiger partial charge in [0.05, 0.1) is 11.3 Å². The molecule has 0 bridgehead atoms. The molecule has 0 radical (unpaired) electrons. The summed E-state index contributed by atoms with van der Waals surface area (Å²) in [6.07, 6.45) is 1.56. The normalized spacial score (nSPS) is 20.5. The Hall–Kier alpha value is -3.22. The zero-order valence-electron chi connectivity index (χ0n) is 16.2. The van der Waals surface area contributed by atoms with E-state index >= 15 is 0 Å². The Morgan fingerprint density at radius 2 is 1.97 bits per heavy atom. The van der Waals surface area contributed by atoms with Crippen molar-refractivity contribution in [3.05, 3.63) is 59.9 Å². The highest BCUT2D eigenvalue weighted by molar-refractivity contribution is 6.10. The van der Waals surface area contributed by atoms with Crippen LogP contribution in [0.3, 0.4) is 0 Å². The molecule has 2 aliphatic rings. The van der Waals surface area contributed by atoms with Gasteiger partial charge in [-0.1, -0.05) is 18.2 Å². The molecule has 1 saturated heterocycles. The minimum atomic E-state index is -0.721. The van der Waals surface area contributed by atoms with Crippen LogP contribution >= 0.6 is 0 Å². The molecule has 3 amide bonds. The molecule has 2 aromatic rings. The molecule has 0 spiro atoms. The third-order valence-corrected chi connectivity index (χ3v) is 5.64. The smallest absolute Gasteiger partial charge is 0.257 e. The van der Waals surface area contributed by atoms with Crippen LogP contribution in [0.2, 0.25) is 0 Å². The molecule has 2 aliphatic heterocycles. The van der Waals surface area contributed by atoms with E-state index in [1.807, 2.05) is 13.0 Å². The van der Waals surface area contributed by atoms with Gasteiger partial charge in [-0.25, -0.2) is 4.39 Å². The molecule has 0 aromatic heterocycles. The number of fused-ring (bicyclic) bond motifs is 3. The van der Waals surface area contributed by atoms with Gasteiger partial charge in [0.15, 0.2) is 0 Å². The number of halogens is 1. The molecule has 0 saturated carbocycles. The van der Waals surface area contributed by atoms with Gasteiger partial charge in [0.1, 0.15) is 11.5 Å². The Kier molecular flexibility index (Phi) is 4.82. The summed E-state index contributed by atoms with van der Waals surface area (Å²) in [6, 6.07) is 12.9. The number of rotatable bonds is 5. The maximum atomic E-state index is 13.2. The van der Waals surface area contributed by atoms with Crippen LogP contribution in [0.1, 0.15) is 43.0 Å². The van der Waals surface area contributed by atoms with E-state index < -0.39 is 11.5 Å². The summed E-state index contributed by atoms with van der Waals surface area (Å²) in [5.41, 5.74) is 0.839. The first kappa shape index (κ1) is 19.1. The van der Waals surface area contributed by atoms with Crippen molar-refractivity contribution in [1.82, 2.24) is 4.90 Å². The van der Waals surface area contributed by atoms with E-state index in [0.29, 0.717) is 42.7 Å². The molecule has 1 N–H and O–H groups in total. The fourth-order valence-electron chi connectivity index (χ4n) is 4.23. The molecule has 29 heavy (non-hydrogen) atoms. The summed E-state index contributed by atoms with van der Waals surface area (Å²) < 4.78 is 13.2. The van der Waals surface area contributed by atoms with Gasteiger partial charge in [0.25, 0.3) is 5.91 Å². The van der Waals surface area contributed by atoms with Crippen molar-refractivity contribution in [2.45, 2.75) is 38.3 Å². The Balaban J connectivity index is 1.46. The average molecular weight is 395 g/mol. The highest BCUT2D eigenvalue weighted by atomic mass is 19.1. The predicted octanol–water partition coefficient (Wildman–Crippen LogP) is 3.54. The van der Waals surface area contributed by atoms with E-state index in [9.17, 15) is 18.8 Å². The van der Waals surface area contributed by atoms with Crippen molar-refractivity contribution in [2.75, 3.05) is 16.8 Å². The van der Waals surface area contributed by atoms with E-state index in [2.05, 4.69) is 5.32 Å². The average Bonchev–Trinajstić information content (AvgIpc) is 3.00. The number of para-hydroxylation sites is 1. The number of carbonyl (C=O) groups is 3. The molecule has 2 aromatic carbocycles. The number of nitrogens with one attached hydrogen (secondary N) is 1. The fraction of sp³-hybridized carbons (Fsp3) is 0.318. The number of nitrogens with zero attached hydrogens (tertiary/aromatic N) is 2. The first-order chi connectivity index (χ1) is 13.9. The molecule has 4 rings (SSSR count). The maximum absolute atomic E-state index is 13.2. The van der Waals surface area contributed by atoms with Gasteiger partial charge < -0.3 is 10.2 Å². The topological polar surface area (TPSA) is 69.7 Å². The molecular weight excluding hydrogens is 373 g/mol. The third kappa shape index (κ3) is 3.37. The second-order valence-corrected chi connectivity index (χ2v) is 7.58. The Morgan fingerprint density at radius 1 is 1.17 bits per heavy atom. The van der Waals surface area contributed by atoms with Crippen LogP contribution in [0.25, 0.3) is 0 Å². The summed E-state index contributed by atoms with van der Waals surface area (Å²) in [6.45, 7) is 2.25. The lowest BCUT2D eigenvalue weighted by Gasteiger charge is -2.48. The van der Waals surface area contributed by atoms with Crippen LogP contribution in [-0.4, -0.2) is 34.8 Å². The Morgan fingerprint density at radius 3 is 2.76 bits per heavy atom. The van der Waals surface area contributed by atoms with E-state index in [1.54, 1.807) is 34.1 Å². The van der Waals surface area contributed by atoms with Gasteiger partial charge in [-0.2, -0.15) is 0 Å². The van der Waals surface area contributed by atoms with Crippen molar-refractivity contribution in [3.63, 3.8) is 0 Å². The molecular formula is C22H22FN3O3. The van der Waals surface area contributed by atoms with Gasteiger partial charge in [-0.05, 0) is 50.1 Å². The van der Waals surface area contributed by atoms with Crippen LogP contribution < -0.4 is 10.2 Å². The lowest BCUT2D eigenvalue weighted by atomic mass is 9.98. The number of amides is 3. The summed E-state index contributed by atoms with van der Waals surface area (Å²) in [4.78, 5) is 41.3. The number of hydrogen-bond acceptors (Lipinski definition) is 3. The van der Waals surface area contributed by atoms with Crippen molar-refractivity contribution in [1.29, 1.82) is 0 Å². The van der Waals surface area contributed by atoms with E-state index in [0.717, 1.165) is 0 Å². The maximum Gasteiger partial charge on any atom is 0.257 e. The van der Waals surface area contributed by atoms with Crippen molar-refractivity contribution in [3.8, 4) is 0 Å². The fourth-order valence-corrected chi connectivity index (χ4v) is 4.23. The Bertz CT molecular complexity index is 993. The number of anilines is 2. The van der Waals surface area contributed by atoms with Crippen LogP contribution in [0.4, 0.5) is 15.8 Å². The number of carbonyl (C=O) groups excluding carboxylic acids is 3. The number of benzene rings is 2. The highest BCUT2D eigenvalue weighted by Gasteiger charge is 2.52. The van der Waals surface area contributed by atoms with Gasteiger partial charge in [0.2, 0.25) is 11.8 Å². The monoisotopic (exact) mass is 395 g/mol. The molecule has 6 nitrogen and oxygen atoms in total. The lowest BCUT2D eigenvalue weighted by Crippen LogP contribution is -2.62. The molecule has 1 atom stereocenters. The van der Waals surface area contributed by atoms with Crippen molar-refractivity contribution >= 4 is 29.1 Å². The molecule has 2 heterocycles. The van der Waals surface area contributed by atoms with Gasteiger partial charge in [-0.3, -0.25) is 19.3 Å². The summed E-state index contributed by atoms with van der Waals surface area (Å²) in [5.74, 6) is -0.787. The molecule has 0 aliphatic carbocycles. The first-order valence-electron chi connectivity index (χ1n) is 9.69. The highest BCUT2D eigenvalue weighted by Crippen LogP contribution is 2.44. The number of hydrogen-bond donors (Lipinski definition) is 1. The second-order valence-electron chi connectivity index (χ2n) is 7.58. The summed E-state index contributed by atoms with van der Waals surface area (Å²) in [7, 11) is 0. The van der Waals surface area contributed by atoms with Crippen molar-refractivity contribution < 1.29 is 18.8 Å². The van der Waals surface area contributed by atoms with Gasteiger partial charge >= 0.3 is 0 Å². The molecule has 1 unspecified atom stereocenters. The first-order valence-corrected chi connectivity index (χ1v) is 9.69. The van der Waals surface area contributed by atoms with Crippen LogP contribution in [0, 0.1) is 5.82 Å². The van der Waals surface area contributed by atoms with E-state index in [1.165, 1.54) is 18.2 Å². The van der Waals surface area contributed by atoms with E-state index in [4.69, 9.17) is 0 Å². The largest absolute Gasteiger partial charge is 0.326 e. The predicted molar refractivity (Wildman–Crippen MR) is 107 cm³/mol. The lowest BCUT2D eigenvalue weighted by molar-refractivity contribution is -0.118. The second kappa shape index (κ2) is 7.31. The summed E-state index contributed by atoms with van der Waals surface area (Å²) in [5, 5.41) is 2.66. The zero-order valence-corrected chi connectivity index (χ0v) is 16.2. The standard InChI is InChI=1S/C22H22FN3O3/c1-22-12-11-20(28)26(22)18-9-3-2-8-17(18)21(29)25(22)13-5-10-19(27)24-16-7-4-6-15(23)14-16/h2-4,6-9,14H,5,10-13H2,1H3,(H,24,27). The van der Waals surface area contributed by atoms with Crippen LogP contribution in [0.15, 0.2) is 48.5 Å². The zero-order chi connectivity index (χ0) is 20.6. The van der Waals surface area contributed by atoms with Crippen LogP contribution in [0.5, 0.6) is 0 Å². The third-order valence-electron chi connectivity index (χ3n) is 5.64.